The van der Waals surface area contributed by atoms with E-state index in [1.165, 1.54) is 23.1 Å². The quantitative estimate of drug-likeness (QED) is 0.861. The number of thioether (sulfide) groups is 1. The van der Waals surface area contributed by atoms with E-state index in [0.717, 1.165) is 14.9 Å². The third-order valence-corrected chi connectivity index (χ3v) is 4.49. The lowest BCUT2D eigenvalue weighted by atomic mass is 10.2. The van der Waals surface area contributed by atoms with Crippen molar-refractivity contribution in [3.63, 3.8) is 0 Å². The number of aromatic nitrogens is 2. The molecule has 0 spiro atoms. The number of carbonyl (C=O) groups is 1. The number of aryl methyl sites for hydroxylation is 1. The van der Waals surface area contributed by atoms with Crippen molar-refractivity contribution in [2.75, 3.05) is 0 Å². The molecule has 1 amide bonds. The van der Waals surface area contributed by atoms with Gasteiger partial charge in [-0.05, 0) is 19.4 Å². The topological polar surface area (TPSA) is 54.9 Å². The van der Waals surface area contributed by atoms with Gasteiger partial charge in [0.1, 0.15) is 5.01 Å². The van der Waals surface area contributed by atoms with Gasteiger partial charge in [-0.25, -0.2) is 0 Å². The van der Waals surface area contributed by atoms with E-state index in [-0.39, 0.29) is 11.2 Å². The maximum atomic E-state index is 12.0. The standard InChI is InChI=1S/C13H15N3OS2/c1-9(18-13-16-15-10(2)19-13)12(17)14-8-11-6-4-3-5-7-11/h3-7,9H,8H2,1-2H3,(H,14,17). The number of carbonyl (C=O) groups excluding carboxylic acids is 1. The summed E-state index contributed by atoms with van der Waals surface area (Å²) in [5.74, 6) is 0.0155. The average molecular weight is 293 g/mol. The normalized spacial score (nSPS) is 12.1. The van der Waals surface area contributed by atoms with Gasteiger partial charge in [0.05, 0.1) is 5.25 Å². The summed E-state index contributed by atoms with van der Waals surface area (Å²) < 4.78 is 0.833. The van der Waals surface area contributed by atoms with Crippen molar-refractivity contribution in [3.8, 4) is 0 Å². The van der Waals surface area contributed by atoms with Gasteiger partial charge in [0.15, 0.2) is 4.34 Å². The van der Waals surface area contributed by atoms with Gasteiger partial charge in [-0.2, -0.15) is 0 Å². The van der Waals surface area contributed by atoms with Gasteiger partial charge >= 0.3 is 0 Å². The summed E-state index contributed by atoms with van der Waals surface area (Å²) in [6, 6.07) is 9.87. The van der Waals surface area contributed by atoms with E-state index in [1.54, 1.807) is 0 Å². The van der Waals surface area contributed by atoms with Crippen LogP contribution in [0.1, 0.15) is 17.5 Å². The third-order valence-electron chi connectivity index (χ3n) is 2.46. The van der Waals surface area contributed by atoms with Crippen molar-refractivity contribution in [3.05, 3.63) is 40.9 Å². The number of hydrogen-bond acceptors (Lipinski definition) is 5. The Morgan fingerprint density at radius 1 is 1.37 bits per heavy atom. The van der Waals surface area contributed by atoms with Crippen molar-refractivity contribution in [1.82, 2.24) is 15.5 Å². The zero-order valence-electron chi connectivity index (χ0n) is 10.8. The minimum atomic E-state index is -0.170. The molecule has 6 heteroatoms. The Labute approximate surface area is 120 Å². The SMILES string of the molecule is Cc1nnc(SC(C)C(=O)NCc2ccccc2)s1. The molecule has 0 saturated heterocycles. The van der Waals surface area contributed by atoms with Crippen LogP contribution < -0.4 is 5.32 Å². The van der Waals surface area contributed by atoms with E-state index in [1.807, 2.05) is 44.2 Å². The molecule has 0 fully saturated rings. The number of nitrogens with zero attached hydrogens (tertiary/aromatic N) is 2. The smallest absolute Gasteiger partial charge is 0.233 e. The van der Waals surface area contributed by atoms with Crippen LogP contribution >= 0.6 is 23.1 Å². The largest absolute Gasteiger partial charge is 0.351 e. The van der Waals surface area contributed by atoms with Crippen LogP contribution in [0.2, 0.25) is 0 Å². The Bertz CT molecular complexity index is 542. The van der Waals surface area contributed by atoms with Crippen LogP contribution in [0.3, 0.4) is 0 Å². The number of nitrogens with one attached hydrogen (secondary N) is 1. The number of benzene rings is 1. The molecule has 100 valence electrons. The summed E-state index contributed by atoms with van der Waals surface area (Å²) in [6.07, 6.45) is 0. The summed E-state index contributed by atoms with van der Waals surface area (Å²) in [5.41, 5.74) is 1.10. The highest BCUT2D eigenvalue weighted by Gasteiger charge is 2.16. The molecular formula is C13H15N3OS2. The zero-order chi connectivity index (χ0) is 13.7. The molecule has 19 heavy (non-hydrogen) atoms. The van der Waals surface area contributed by atoms with E-state index in [2.05, 4.69) is 15.5 Å². The molecule has 1 atom stereocenters. The van der Waals surface area contributed by atoms with Gasteiger partial charge in [0, 0.05) is 6.54 Å². The van der Waals surface area contributed by atoms with Crippen molar-refractivity contribution < 1.29 is 4.79 Å². The molecule has 4 nitrogen and oxygen atoms in total. The lowest BCUT2D eigenvalue weighted by Crippen LogP contribution is -2.30. The van der Waals surface area contributed by atoms with Gasteiger partial charge in [0.25, 0.3) is 0 Å². The van der Waals surface area contributed by atoms with E-state index in [4.69, 9.17) is 0 Å². The average Bonchev–Trinajstić information content (AvgIpc) is 2.82. The van der Waals surface area contributed by atoms with Gasteiger partial charge in [0.2, 0.25) is 5.91 Å². The fourth-order valence-electron chi connectivity index (χ4n) is 1.46. The summed E-state index contributed by atoms with van der Waals surface area (Å²) in [7, 11) is 0. The third kappa shape index (κ3) is 4.33. The van der Waals surface area contributed by atoms with Crippen molar-refractivity contribution in [2.24, 2.45) is 0 Å². The van der Waals surface area contributed by atoms with Crippen LogP contribution in [0.25, 0.3) is 0 Å². The maximum Gasteiger partial charge on any atom is 0.233 e. The number of hydrogen-bond donors (Lipinski definition) is 1. The first-order valence-corrected chi connectivity index (χ1v) is 7.63. The van der Waals surface area contributed by atoms with Gasteiger partial charge in [-0.1, -0.05) is 53.4 Å². The molecule has 1 heterocycles. The highest BCUT2D eigenvalue weighted by molar-refractivity contribution is 8.02. The molecular weight excluding hydrogens is 278 g/mol. The Morgan fingerprint density at radius 3 is 2.74 bits per heavy atom. The van der Waals surface area contributed by atoms with E-state index >= 15 is 0 Å². The Morgan fingerprint density at radius 2 is 2.11 bits per heavy atom. The molecule has 0 aliphatic heterocycles. The van der Waals surface area contributed by atoms with Crippen molar-refractivity contribution >= 4 is 29.0 Å². The van der Waals surface area contributed by atoms with Crippen LogP contribution in [-0.2, 0) is 11.3 Å². The van der Waals surface area contributed by atoms with E-state index < -0.39 is 0 Å². The summed E-state index contributed by atoms with van der Waals surface area (Å²) in [4.78, 5) is 12.0. The summed E-state index contributed by atoms with van der Waals surface area (Å²) in [5, 5.41) is 11.6. The van der Waals surface area contributed by atoms with Gasteiger partial charge in [-0.3, -0.25) is 4.79 Å². The van der Waals surface area contributed by atoms with Crippen LogP contribution in [-0.4, -0.2) is 21.4 Å². The molecule has 1 aromatic carbocycles. The zero-order valence-corrected chi connectivity index (χ0v) is 12.4. The molecule has 0 aliphatic rings. The van der Waals surface area contributed by atoms with Crippen LogP contribution in [0.4, 0.5) is 0 Å². The van der Waals surface area contributed by atoms with E-state index in [9.17, 15) is 4.79 Å². The first-order chi connectivity index (χ1) is 9.15. The minimum absolute atomic E-state index is 0.0155. The predicted octanol–water partition coefficient (Wildman–Crippen LogP) is 2.64. The molecule has 0 radical (unpaired) electrons. The van der Waals surface area contributed by atoms with Crippen molar-refractivity contribution in [1.29, 1.82) is 0 Å². The van der Waals surface area contributed by atoms with Crippen LogP contribution in [0.5, 0.6) is 0 Å². The molecule has 0 saturated carbocycles. The molecule has 1 N–H and O–H groups in total. The highest BCUT2D eigenvalue weighted by Crippen LogP contribution is 2.26. The van der Waals surface area contributed by atoms with Crippen LogP contribution in [0.15, 0.2) is 34.7 Å². The molecule has 2 aromatic rings. The first kappa shape index (κ1) is 14.0. The second-order valence-corrected chi connectivity index (χ2v) is 6.82. The fourth-order valence-corrected chi connectivity index (χ4v) is 3.44. The van der Waals surface area contributed by atoms with Gasteiger partial charge < -0.3 is 5.32 Å². The first-order valence-electron chi connectivity index (χ1n) is 5.93. The van der Waals surface area contributed by atoms with Crippen molar-refractivity contribution in [2.45, 2.75) is 30.0 Å². The minimum Gasteiger partial charge on any atom is -0.351 e. The maximum absolute atomic E-state index is 12.0. The molecule has 0 aliphatic carbocycles. The lowest BCUT2D eigenvalue weighted by molar-refractivity contribution is -0.120. The van der Waals surface area contributed by atoms with E-state index in [0.29, 0.717) is 6.54 Å². The fraction of sp³-hybridized carbons (Fsp3) is 0.308. The molecule has 0 bridgehead atoms. The predicted molar refractivity (Wildman–Crippen MR) is 78.3 cm³/mol. The lowest BCUT2D eigenvalue weighted by Gasteiger charge is -2.10. The summed E-state index contributed by atoms with van der Waals surface area (Å²) >= 11 is 2.95. The number of rotatable bonds is 5. The molecule has 1 unspecified atom stereocenters. The Kier molecular flexibility index (Phi) is 4.93. The number of amides is 1. The monoisotopic (exact) mass is 293 g/mol. The second-order valence-electron chi connectivity index (χ2n) is 4.05. The van der Waals surface area contributed by atoms with Crippen LogP contribution in [0, 0.1) is 6.92 Å². The second kappa shape index (κ2) is 6.68. The Balaban J connectivity index is 1.82. The highest BCUT2D eigenvalue weighted by atomic mass is 32.2. The van der Waals surface area contributed by atoms with Gasteiger partial charge in [-0.15, -0.1) is 10.2 Å². The Hall–Kier alpha value is -1.40. The molecule has 1 aromatic heterocycles. The summed E-state index contributed by atoms with van der Waals surface area (Å²) in [6.45, 7) is 4.34. The molecule has 2 rings (SSSR count).